The fraction of sp³-hybridized carbons (Fsp3) is 0.263. The van der Waals surface area contributed by atoms with Gasteiger partial charge in [-0.2, -0.15) is 4.98 Å². The first kappa shape index (κ1) is 18.8. The first-order valence-corrected chi connectivity index (χ1v) is 9.32. The lowest BCUT2D eigenvalue weighted by atomic mass is 10.1. The number of hydrogen-bond acceptors (Lipinski definition) is 6. The molecule has 27 heavy (non-hydrogen) atoms. The number of carboxylic acid groups (broad SMARTS) is 1. The maximum absolute atomic E-state index is 12.4. The molecule has 0 atom stereocenters. The summed E-state index contributed by atoms with van der Waals surface area (Å²) in [6.45, 7) is 4.22. The number of nitrogens with zero attached hydrogens (tertiary/aromatic N) is 3. The molecule has 3 aromatic heterocycles. The highest BCUT2D eigenvalue weighted by molar-refractivity contribution is 7.09. The Kier molecular flexibility index (Phi) is 5.36. The van der Waals surface area contributed by atoms with E-state index in [-0.39, 0.29) is 5.56 Å². The Morgan fingerprint density at radius 3 is 2.78 bits per heavy atom. The van der Waals surface area contributed by atoms with Gasteiger partial charge in [0, 0.05) is 24.1 Å². The maximum atomic E-state index is 12.4. The molecule has 3 rings (SSSR count). The van der Waals surface area contributed by atoms with Crippen LogP contribution in [0.1, 0.15) is 41.6 Å². The summed E-state index contributed by atoms with van der Waals surface area (Å²) in [5.41, 5.74) is 1.68. The van der Waals surface area contributed by atoms with Crippen LogP contribution in [-0.4, -0.2) is 30.6 Å². The summed E-state index contributed by atoms with van der Waals surface area (Å²) in [6, 6.07) is 3.55. The number of thiazole rings is 1. The van der Waals surface area contributed by atoms with E-state index in [9.17, 15) is 14.7 Å². The number of aromatic nitrogens is 3. The van der Waals surface area contributed by atoms with E-state index in [1.54, 1.807) is 23.6 Å². The zero-order valence-electron chi connectivity index (χ0n) is 14.9. The highest BCUT2D eigenvalue weighted by Gasteiger charge is 2.11. The minimum absolute atomic E-state index is 0.161. The summed E-state index contributed by atoms with van der Waals surface area (Å²) in [5.74, 6) is -1.30. The quantitative estimate of drug-likeness (QED) is 0.632. The Labute approximate surface area is 159 Å². The molecule has 0 aromatic carbocycles. The smallest absolute Gasteiger partial charge is 0.328 e. The third-order valence-electron chi connectivity index (χ3n) is 4.09. The molecule has 2 N–H and O–H groups in total. The second-order valence-corrected chi connectivity index (χ2v) is 7.35. The number of aliphatic carboxylic acids is 1. The van der Waals surface area contributed by atoms with Crippen molar-refractivity contribution in [1.29, 1.82) is 0 Å². The topological polar surface area (TPSA) is 105 Å². The highest BCUT2D eigenvalue weighted by atomic mass is 32.1. The lowest BCUT2D eigenvalue weighted by Gasteiger charge is -2.06. The standard InChI is InChI=1S/C19H19N3O4S/c1-11(2)14-10-27-16(20-14)5-3-12-7-8-22-15(9-12)21-18(25)13(19(22)26)4-6-17(23)24/h4,6-11,25H,3,5H2,1-2H3,(H,23,24). The SMILES string of the molecule is CC(C)c1csc(CCc2ccn3c(=O)c(C=CC(=O)O)c(O)nc3c2)n1. The lowest BCUT2D eigenvalue weighted by Crippen LogP contribution is -2.18. The fourth-order valence-electron chi connectivity index (χ4n) is 2.59. The van der Waals surface area contributed by atoms with Crippen LogP contribution in [0, 0.1) is 0 Å². The third-order valence-corrected chi connectivity index (χ3v) is 5.02. The molecule has 8 heteroatoms. The van der Waals surface area contributed by atoms with Gasteiger partial charge >= 0.3 is 5.97 Å². The van der Waals surface area contributed by atoms with Crippen molar-refractivity contribution in [2.24, 2.45) is 0 Å². The van der Waals surface area contributed by atoms with Gasteiger partial charge in [-0.15, -0.1) is 11.3 Å². The van der Waals surface area contributed by atoms with Crippen molar-refractivity contribution in [2.75, 3.05) is 0 Å². The van der Waals surface area contributed by atoms with Gasteiger partial charge in [0.2, 0.25) is 5.88 Å². The average Bonchev–Trinajstić information content (AvgIpc) is 3.08. The van der Waals surface area contributed by atoms with Crippen LogP contribution < -0.4 is 5.56 Å². The Hall–Kier alpha value is -3.00. The number of fused-ring (bicyclic) bond motifs is 1. The Bertz CT molecular complexity index is 1080. The summed E-state index contributed by atoms with van der Waals surface area (Å²) in [6.07, 6.45) is 4.93. The van der Waals surface area contributed by atoms with E-state index in [1.165, 1.54) is 4.40 Å². The number of aryl methyl sites for hydroxylation is 2. The molecule has 0 spiro atoms. The molecular formula is C19H19N3O4S. The first-order valence-electron chi connectivity index (χ1n) is 8.44. The van der Waals surface area contributed by atoms with E-state index in [2.05, 4.69) is 29.2 Å². The van der Waals surface area contributed by atoms with Gasteiger partial charge in [-0.3, -0.25) is 9.20 Å². The van der Waals surface area contributed by atoms with Gasteiger partial charge in [-0.05, 0) is 36.1 Å². The summed E-state index contributed by atoms with van der Waals surface area (Å²) >= 11 is 1.64. The molecule has 0 aliphatic carbocycles. The van der Waals surface area contributed by atoms with Crippen LogP contribution in [0.3, 0.4) is 0 Å². The van der Waals surface area contributed by atoms with Gasteiger partial charge < -0.3 is 10.2 Å². The normalized spacial score (nSPS) is 11.7. The Morgan fingerprint density at radius 2 is 2.11 bits per heavy atom. The van der Waals surface area contributed by atoms with E-state index in [1.807, 2.05) is 6.07 Å². The molecule has 0 fully saturated rings. The highest BCUT2D eigenvalue weighted by Crippen LogP contribution is 2.20. The van der Waals surface area contributed by atoms with E-state index >= 15 is 0 Å². The zero-order chi connectivity index (χ0) is 19.6. The van der Waals surface area contributed by atoms with Crippen molar-refractivity contribution in [2.45, 2.75) is 32.6 Å². The van der Waals surface area contributed by atoms with Crippen LogP contribution >= 0.6 is 11.3 Å². The number of rotatable bonds is 6. The van der Waals surface area contributed by atoms with Gasteiger partial charge in [-0.25, -0.2) is 9.78 Å². The van der Waals surface area contributed by atoms with E-state index in [0.29, 0.717) is 11.6 Å². The molecule has 7 nitrogen and oxygen atoms in total. The third kappa shape index (κ3) is 4.22. The van der Waals surface area contributed by atoms with Crippen LogP contribution in [0.15, 0.2) is 34.6 Å². The molecule has 3 aromatic rings. The van der Waals surface area contributed by atoms with E-state index in [4.69, 9.17) is 5.11 Å². The van der Waals surface area contributed by atoms with Crippen molar-refractivity contribution in [3.05, 3.63) is 62.0 Å². The lowest BCUT2D eigenvalue weighted by molar-refractivity contribution is -0.131. The summed E-state index contributed by atoms with van der Waals surface area (Å²) in [5, 5.41) is 21.8. The van der Waals surface area contributed by atoms with Gasteiger partial charge in [0.1, 0.15) is 11.2 Å². The molecular weight excluding hydrogens is 366 g/mol. The second kappa shape index (κ2) is 7.71. The molecule has 0 aliphatic rings. The monoisotopic (exact) mass is 385 g/mol. The van der Waals surface area contributed by atoms with Gasteiger partial charge in [0.05, 0.1) is 10.7 Å². The van der Waals surface area contributed by atoms with Gasteiger partial charge in [0.25, 0.3) is 5.56 Å². The largest absolute Gasteiger partial charge is 0.493 e. The van der Waals surface area contributed by atoms with E-state index < -0.39 is 17.4 Å². The number of carboxylic acids is 1. The molecule has 0 saturated heterocycles. The second-order valence-electron chi connectivity index (χ2n) is 6.41. The summed E-state index contributed by atoms with van der Waals surface area (Å²) in [7, 11) is 0. The molecule has 0 aliphatic heterocycles. The minimum Gasteiger partial charge on any atom is -0.493 e. The van der Waals surface area contributed by atoms with Crippen molar-refractivity contribution in [3.63, 3.8) is 0 Å². The van der Waals surface area contributed by atoms with E-state index in [0.717, 1.165) is 41.3 Å². The Morgan fingerprint density at radius 1 is 1.33 bits per heavy atom. The van der Waals surface area contributed by atoms with Gasteiger partial charge in [0.15, 0.2) is 0 Å². The van der Waals surface area contributed by atoms with Crippen LogP contribution in [0.4, 0.5) is 0 Å². The molecule has 0 amide bonds. The summed E-state index contributed by atoms with van der Waals surface area (Å²) < 4.78 is 1.28. The number of hydrogen-bond donors (Lipinski definition) is 2. The van der Waals surface area contributed by atoms with Crippen LogP contribution in [0.25, 0.3) is 11.7 Å². The molecule has 0 bridgehead atoms. The van der Waals surface area contributed by atoms with Crippen LogP contribution in [-0.2, 0) is 17.6 Å². The van der Waals surface area contributed by atoms with Gasteiger partial charge in [-0.1, -0.05) is 13.8 Å². The predicted octanol–water partition coefficient (Wildman–Crippen LogP) is 2.86. The predicted molar refractivity (Wildman–Crippen MR) is 103 cm³/mol. The minimum atomic E-state index is -1.21. The van der Waals surface area contributed by atoms with Crippen molar-refractivity contribution in [1.82, 2.24) is 14.4 Å². The molecule has 0 saturated carbocycles. The molecule has 0 radical (unpaired) electrons. The average molecular weight is 385 g/mol. The molecule has 140 valence electrons. The van der Waals surface area contributed by atoms with Crippen LogP contribution in [0.5, 0.6) is 5.88 Å². The number of pyridine rings is 1. The number of aromatic hydroxyl groups is 1. The van der Waals surface area contributed by atoms with Crippen molar-refractivity contribution < 1.29 is 15.0 Å². The molecule has 0 unspecified atom stereocenters. The Balaban J connectivity index is 1.85. The zero-order valence-corrected chi connectivity index (χ0v) is 15.7. The maximum Gasteiger partial charge on any atom is 0.328 e. The van der Waals surface area contributed by atoms with Crippen molar-refractivity contribution >= 4 is 29.0 Å². The van der Waals surface area contributed by atoms with Crippen molar-refractivity contribution in [3.8, 4) is 5.88 Å². The number of carbonyl (C=O) groups is 1. The fourth-order valence-corrected chi connectivity index (χ4v) is 3.55. The molecule has 3 heterocycles. The summed E-state index contributed by atoms with van der Waals surface area (Å²) in [4.78, 5) is 31.7. The first-order chi connectivity index (χ1) is 12.8. The van der Waals surface area contributed by atoms with Crippen LogP contribution in [0.2, 0.25) is 0 Å².